The van der Waals surface area contributed by atoms with E-state index in [4.69, 9.17) is 4.74 Å². The summed E-state index contributed by atoms with van der Waals surface area (Å²) in [4.78, 5) is 9.29. The minimum Gasteiger partial charge on any atom is -0.359 e. The van der Waals surface area contributed by atoms with Crippen molar-refractivity contribution in [2.24, 2.45) is 5.92 Å². The number of ether oxygens (including phenoxy) is 1. The average molecular weight is 617 g/mol. The van der Waals surface area contributed by atoms with Gasteiger partial charge in [-0.25, -0.2) is 13.1 Å². The van der Waals surface area contributed by atoms with Gasteiger partial charge in [0, 0.05) is 26.9 Å². The number of hydrogen-bond donors (Lipinski definition) is 1. The van der Waals surface area contributed by atoms with Gasteiger partial charge in [0.25, 0.3) is 0 Å². The first-order valence-electron chi connectivity index (χ1n) is 16.0. The van der Waals surface area contributed by atoms with E-state index in [0.717, 1.165) is 76.4 Å². The fourth-order valence-corrected chi connectivity index (χ4v) is 8.78. The van der Waals surface area contributed by atoms with Crippen LogP contribution in [-0.2, 0) is 47.0 Å². The predicted molar refractivity (Wildman–Crippen MR) is 172 cm³/mol. The molecule has 0 atom stereocenters. The topological polar surface area (TPSA) is 92.6 Å². The van der Waals surface area contributed by atoms with Crippen LogP contribution in [0.4, 0.5) is 11.6 Å². The molecule has 0 bridgehead atoms. The van der Waals surface area contributed by atoms with Crippen LogP contribution in [0.3, 0.4) is 0 Å². The summed E-state index contributed by atoms with van der Waals surface area (Å²) >= 11 is 0. The third-order valence-electron chi connectivity index (χ3n) is 9.20. The number of likely N-dealkylation sites (tertiary alicyclic amines) is 1. The zero-order chi connectivity index (χ0) is 29.9. The Morgan fingerprint density at radius 1 is 1.07 bits per heavy atom. The van der Waals surface area contributed by atoms with Gasteiger partial charge in [-0.15, -0.1) is 5.10 Å². The number of piperidine rings is 1. The third-order valence-corrected chi connectivity index (χ3v) is 12.6. The number of fused-ring (bicyclic) bond motifs is 2. The molecule has 0 saturated carbocycles. The standard InChI is InChI=1S/C31H52N6O3SSi/c1-35-16-13-24(14-17-35)22-36(2)15-8-19-41(38,39)31-33-30(34-37(31)23-40-18-20-42(3,4)5)32-29-27-11-6-9-25(27)21-26-10-7-12-28(26)29/h21,24H,6-20,22-23H2,1-5H3,(H,32,34). The Balaban J connectivity index is 1.29. The minimum atomic E-state index is -3.64. The first kappa shape index (κ1) is 31.6. The molecule has 5 rings (SSSR count). The molecule has 2 aliphatic carbocycles. The number of hydrogen-bond acceptors (Lipinski definition) is 8. The Labute approximate surface area is 254 Å². The summed E-state index contributed by atoms with van der Waals surface area (Å²) in [5.41, 5.74) is 6.67. The van der Waals surface area contributed by atoms with Crippen molar-refractivity contribution in [2.75, 3.05) is 58.0 Å². The SMILES string of the molecule is CN1CCC(CN(C)CCCS(=O)(=O)c2nc(Nc3c4c(cc5c3CCC5)CCC4)nn2COCC[Si](C)(C)C)CC1. The largest absolute Gasteiger partial charge is 0.359 e. The van der Waals surface area contributed by atoms with Crippen molar-refractivity contribution < 1.29 is 13.2 Å². The zero-order valence-electron chi connectivity index (χ0n) is 26.5. The van der Waals surface area contributed by atoms with Crippen molar-refractivity contribution in [3.63, 3.8) is 0 Å². The number of rotatable bonds is 14. The van der Waals surface area contributed by atoms with E-state index in [1.54, 1.807) is 0 Å². The number of anilines is 2. The molecule has 1 saturated heterocycles. The number of nitrogens with one attached hydrogen (secondary N) is 1. The second-order valence-corrected chi connectivity index (χ2v) is 21.7. The summed E-state index contributed by atoms with van der Waals surface area (Å²) in [7, 11) is -0.619. The highest BCUT2D eigenvalue weighted by Crippen LogP contribution is 2.39. The van der Waals surface area contributed by atoms with Crippen LogP contribution in [-0.4, -0.2) is 93.7 Å². The van der Waals surface area contributed by atoms with Gasteiger partial charge in [-0.2, -0.15) is 4.98 Å². The summed E-state index contributed by atoms with van der Waals surface area (Å²) in [6.45, 7) is 11.7. The predicted octanol–water partition coefficient (Wildman–Crippen LogP) is 4.75. The minimum absolute atomic E-state index is 0.0141. The lowest BCUT2D eigenvalue weighted by molar-refractivity contribution is 0.0715. The Kier molecular flexibility index (Phi) is 10.1. The van der Waals surface area contributed by atoms with Crippen LogP contribution < -0.4 is 5.32 Å². The second-order valence-electron chi connectivity index (χ2n) is 14.1. The highest BCUT2D eigenvalue weighted by atomic mass is 32.2. The summed E-state index contributed by atoms with van der Waals surface area (Å²) in [6, 6.07) is 3.41. The van der Waals surface area contributed by atoms with Crippen LogP contribution in [0.1, 0.15) is 54.4 Å². The summed E-state index contributed by atoms with van der Waals surface area (Å²) in [5, 5.41) is 8.19. The number of aryl methyl sites for hydroxylation is 2. The number of sulfone groups is 1. The second kappa shape index (κ2) is 13.5. The Hall–Kier alpha value is -1.79. The van der Waals surface area contributed by atoms with Crippen molar-refractivity contribution >= 4 is 29.5 Å². The van der Waals surface area contributed by atoms with Crippen molar-refractivity contribution in [1.29, 1.82) is 0 Å². The average Bonchev–Trinajstić information content (AvgIpc) is 3.67. The molecule has 9 nitrogen and oxygen atoms in total. The quantitative estimate of drug-likeness (QED) is 0.240. The van der Waals surface area contributed by atoms with E-state index in [9.17, 15) is 8.42 Å². The highest BCUT2D eigenvalue weighted by Gasteiger charge is 2.28. The van der Waals surface area contributed by atoms with E-state index >= 15 is 0 Å². The van der Waals surface area contributed by atoms with Gasteiger partial charge < -0.3 is 19.9 Å². The molecule has 1 aliphatic heterocycles. The van der Waals surface area contributed by atoms with Crippen molar-refractivity contribution in [1.82, 2.24) is 24.6 Å². The van der Waals surface area contributed by atoms with Gasteiger partial charge in [-0.3, -0.25) is 0 Å². The van der Waals surface area contributed by atoms with E-state index in [-0.39, 0.29) is 17.6 Å². The molecule has 0 radical (unpaired) electrons. The van der Waals surface area contributed by atoms with E-state index in [2.05, 4.69) is 65.0 Å². The van der Waals surface area contributed by atoms with Gasteiger partial charge in [0.1, 0.15) is 6.73 Å². The van der Waals surface area contributed by atoms with Gasteiger partial charge in [-0.1, -0.05) is 25.7 Å². The maximum atomic E-state index is 13.7. The molecule has 1 aromatic carbocycles. The van der Waals surface area contributed by atoms with Crippen LogP contribution in [0.25, 0.3) is 0 Å². The smallest absolute Gasteiger partial charge is 0.249 e. The molecule has 11 heteroatoms. The molecule has 3 aliphatic rings. The van der Waals surface area contributed by atoms with E-state index in [0.29, 0.717) is 24.9 Å². The molecule has 0 unspecified atom stereocenters. The third kappa shape index (κ3) is 8.02. The van der Waals surface area contributed by atoms with Crippen molar-refractivity contribution in [3.8, 4) is 0 Å². The van der Waals surface area contributed by atoms with Gasteiger partial charge >= 0.3 is 0 Å². The molecule has 2 aromatic rings. The lowest BCUT2D eigenvalue weighted by Crippen LogP contribution is -2.36. The number of nitrogens with zero attached hydrogens (tertiary/aromatic N) is 5. The first-order valence-corrected chi connectivity index (χ1v) is 21.4. The molecule has 234 valence electrons. The van der Waals surface area contributed by atoms with Crippen LogP contribution >= 0.6 is 0 Å². The zero-order valence-corrected chi connectivity index (χ0v) is 28.4. The Morgan fingerprint density at radius 3 is 2.38 bits per heavy atom. The number of aromatic nitrogens is 3. The Bertz CT molecular complexity index is 1300. The van der Waals surface area contributed by atoms with E-state index in [1.165, 1.54) is 39.8 Å². The molecule has 2 heterocycles. The monoisotopic (exact) mass is 616 g/mol. The van der Waals surface area contributed by atoms with Crippen molar-refractivity contribution in [2.45, 2.75) is 95.4 Å². The molecule has 1 fully saturated rings. The fourth-order valence-electron chi connectivity index (χ4n) is 6.70. The number of benzene rings is 1. The fraction of sp³-hybridized carbons (Fsp3) is 0.742. The molecular formula is C31H52N6O3SSi. The lowest BCUT2D eigenvalue weighted by Gasteiger charge is -2.31. The summed E-state index contributed by atoms with van der Waals surface area (Å²) in [5.74, 6) is 1.10. The normalized spacial score (nSPS) is 18.1. The molecule has 1 aromatic heterocycles. The van der Waals surface area contributed by atoms with E-state index in [1.807, 2.05) is 0 Å². The van der Waals surface area contributed by atoms with Crippen LogP contribution in [0.15, 0.2) is 11.2 Å². The maximum Gasteiger partial charge on any atom is 0.249 e. The van der Waals surface area contributed by atoms with Crippen LogP contribution in [0.5, 0.6) is 0 Å². The van der Waals surface area contributed by atoms with Crippen molar-refractivity contribution in [3.05, 3.63) is 28.3 Å². The summed E-state index contributed by atoms with van der Waals surface area (Å²) in [6.07, 6.45) is 9.61. The van der Waals surface area contributed by atoms with Gasteiger partial charge in [0.15, 0.2) is 0 Å². The van der Waals surface area contributed by atoms with Gasteiger partial charge in [0.05, 0.1) is 5.75 Å². The molecular weight excluding hydrogens is 565 g/mol. The van der Waals surface area contributed by atoms with Gasteiger partial charge in [-0.05, 0) is 126 Å². The Morgan fingerprint density at radius 2 is 1.74 bits per heavy atom. The van der Waals surface area contributed by atoms with Crippen LogP contribution in [0.2, 0.25) is 25.7 Å². The lowest BCUT2D eigenvalue weighted by atomic mass is 9.97. The maximum absolute atomic E-state index is 13.7. The molecule has 0 amide bonds. The van der Waals surface area contributed by atoms with Crippen LogP contribution in [0, 0.1) is 5.92 Å². The van der Waals surface area contributed by atoms with Gasteiger partial charge in [0.2, 0.25) is 20.9 Å². The summed E-state index contributed by atoms with van der Waals surface area (Å²) < 4.78 is 34.8. The van der Waals surface area contributed by atoms with E-state index < -0.39 is 17.9 Å². The molecule has 1 N–H and O–H groups in total. The molecule has 0 spiro atoms. The first-order chi connectivity index (χ1) is 20.0. The molecule has 42 heavy (non-hydrogen) atoms. The highest BCUT2D eigenvalue weighted by molar-refractivity contribution is 7.91.